The quantitative estimate of drug-likeness (QED) is 0.330. The highest BCUT2D eigenvalue weighted by atomic mass is 32.2. The van der Waals surface area contributed by atoms with Crippen LogP contribution in [0.3, 0.4) is 0 Å². The van der Waals surface area contributed by atoms with Gasteiger partial charge in [-0.1, -0.05) is 6.07 Å². The molecule has 35 heavy (non-hydrogen) atoms. The molecular formula is C24H28O10S. The zero-order chi connectivity index (χ0) is 26.2. The molecular weight excluding hydrogens is 480 g/mol. The van der Waals surface area contributed by atoms with Crippen molar-refractivity contribution in [1.82, 2.24) is 0 Å². The van der Waals surface area contributed by atoms with Crippen molar-refractivity contribution in [2.75, 3.05) is 28.4 Å². The van der Waals surface area contributed by atoms with Crippen molar-refractivity contribution in [3.8, 4) is 28.7 Å². The van der Waals surface area contributed by atoms with Gasteiger partial charge in [-0.15, -0.1) is 0 Å². The summed E-state index contributed by atoms with van der Waals surface area (Å²) < 4.78 is 56.8. The number of benzene rings is 2. The lowest BCUT2D eigenvalue weighted by atomic mass is 10.1. The summed E-state index contributed by atoms with van der Waals surface area (Å²) in [7, 11) is 1.99. The molecule has 2 rings (SSSR count). The molecule has 0 aliphatic carbocycles. The van der Waals surface area contributed by atoms with Gasteiger partial charge in [0.15, 0.2) is 27.4 Å². The number of ether oxygens (including phenoxy) is 6. The Hall–Kier alpha value is -3.73. The maximum absolute atomic E-state index is 12.8. The number of esters is 2. The Labute approximate surface area is 204 Å². The number of hydrogen-bond donors (Lipinski definition) is 0. The average molecular weight is 509 g/mol. The molecule has 2 aromatic rings. The summed E-state index contributed by atoms with van der Waals surface area (Å²) in [5, 5.41) is 1.04. The lowest BCUT2D eigenvalue weighted by Gasteiger charge is -2.14. The van der Waals surface area contributed by atoms with Gasteiger partial charge >= 0.3 is 11.9 Å². The summed E-state index contributed by atoms with van der Waals surface area (Å²) in [6.07, 6.45) is 0.222. The molecule has 0 heterocycles. The van der Waals surface area contributed by atoms with E-state index in [1.165, 1.54) is 66.6 Å². The molecule has 1 atom stereocenters. The van der Waals surface area contributed by atoms with Crippen LogP contribution in [0.4, 0.5) is 0 Å². The second-order valence-corrected chi connectivity index (χ2v) is 9.10. The number of sulfone groups is 1. The molecule has 0 radical (unpaired) electrons. The molecule has 0 bridgehead atoms. The molecule has 2 aromatic carbocycles. The number of carbonyl (C=O) groups excluding carboxylic acids is 2. The van der Waals surface area contributed by atoms with E-state index >= 15 is 0 Å². The highest BCUT2D eigenvalue weighted by Gasteiger charge is 2.21. The highest BCUT2D eigenvalue weighted by Crippen LogP contribution is 2.35. The molecule has 0 aromatic heterocycles. The summed E-state index contributed by atoms with van der Waals surface area (Å²) in [6.45, 7) is 2.53. The predicted molar refractivity (Wildman–Crippen MR) is 128 cm³/mol. The standard InChI is InChI=1S/C24H28O10S/c1-15(33-16(2)25)24(26)34-23-11-17(7-8-20(23)30-4)14-35(27,28)10-9-19-21(31-5)12-18(29-3)13-22(19)32-6/h7-13,15H,14H2,1-6H3. The Kier molecular flexibility index (Phi) is 9.52. The van der Waals surface area contributed by atoms with E-state index in [0.29, 0.717) is 28.4 Å². The fourth-order valence-electron chi connectivity index (χ4n) is 3.03. The molecule has 0 saturated carbocycles. The van der Waals surface area contributed by atoms with Crippen molar-refractivity contribution < 1.29 is 46.4 Å². The minimum Gasteiger partial charge on any atom is -0.496 e. The fourth-order valence-corrected chi connectivity index (χ4v) is 4.11. The van der Waals surface area contributed by atoms with Gasteiger partial charge in [-0.05, 0) is 30.7 Å². The number of carbonyl (C=O) groups is 2. The van der Waals surface area contributed by atoms with Gasteiger partial charge in [-0.3, -0.25) is 4.79 Å². The van der Waals surface area contributed by atoms with Gasteiger partial charge in [0.2, 0.25) is 0 Å². The van der Waals surface area contributed by atoms with Crippen molar-refractivity contribution >= 4 is 27.9 Å². The monoisotopic (exact) mass is 508 g/mol. The van der Waals surface area contributed by atoms with Crippen LogP contribution in [0.25, 0.3) is 6.08 Å². The maximum Gasteiger partial charge on any atom is 0.352 e. The first kappa shape index (κ1) is 27.5. The van der Waals surface area contributed by atoms with Crippen molar-refractivity contribution in [2.45, 2.75) is 25.7 Å². The number of hydrogen-bond acceptors (Lipinski definition) is 10. The van der Waals surface area contributed by atoms with Gasteiger partial charge in [0, 0.05) is 24.5 Å². The Morgan fingerprint density at radius 2 is 1.49 bits per heavy atom. The van der Waals surface area contributed by atoms with E-state index in [1.54, 1.807) is 12.1 Å². The molecule has 1 unspecified atom stereocenters. The van der Waals surface area contributed by atoms with Crippen LogP contribution in [0.15, 0.2) is 35.7 Å². The lowest BCUT2D eigenvalue weighted by Crippen LogP contribution is -2.27. The van der Waals surface area contributed by atoms with Gasteiger partial charge in [-0.2, -0.15) is 0 Å². The Morgan fingerprint density at radius 3 is 2.00 bits per heavy atom. The van der Waals surface area contributed by atoms with Gasteiger partial charge < -0.3 is 28.4 Å². The fraction of sp³-hybridized carbons (Fsp3) is 0.333. The third-order valence-corrected chi connectivity index (χ3v) is 5.96. The van der Waals surface area contributed by atoms with Gasteiger partial charge in [0.1, 0.15) is 17.2 Å². The van der Waals surface area contributed by atoms with Crippen molar-refractivity contribution in [3.05, 3.63) is 46.9 Å². The van der Waals surface area contributed by atoms with E-state index in [-0.39, 0.29) is 11.5 Å². The summed E-state index contributed by atoms with van der Waals surface area (Å²) >= 11 is 0. The summed E-state index contributed by atoms with van der Waals surface area (Å²) in [4.78, 5) is 23.3. The molecule has 0 spiro atoms. The minimum atomic E-state index is -3.77. The van der Waals surface area contributed by atoms with Crippen molar-refractivity contribution in [3.63, 3.8) is 0 Å². The Morgan fingerprint density at radius 1 is 0.886 bits per heavy atom. The van der Waals surface area contributed by atoms with E-state index in [0.717, 1.165) is 5.41 Å². The largest absolute Gasteiger partial charge is 0.496 e. The van der Waals surface area contributed by atoms with E-state index in [1.807, 2.05) is 0 Å². The molecule has 0 amide bonds. The van der Waals surface area contributed by atoms with Gasteiger partial charge in [0.05, 0.1) is 39.8 Å². The first-order valence-corrected chi connectivity index (χ1v) is 12.0. The zero-order valence-corrected chi connectivity index (χ0v) is 21.1. The van der Waals surface area contributed by atoms with E-state index in [9.17, 15) is 18.0 Å². The summed E-state index contributed by atoms with van der Waals surface area (Å²) in [5.41, 5.74) is 0.759. The topological polar surface area (TPSA) is 124 Å². The zero-order valence-electron chi connectivity index (χ0n) is 20.3. The number of methoxy groups -OCH3 is 4. The maximum atomic E-state index is 12.8. The molecule has 0 aliphatic rings. The second kappa shape index (κ2) is 12.1. The Balaban J connectivity index is 2.30. The summed E-state index contributed by atoms with van der Waals surface area (Å²) in [5.74, 6) is -0.443. The van der Waals surface area contributed by atoms with Crippen LogP contribution in [0.1, 0.15) is 25.0 Å². The van der Waals surface area contributed by atoms with Crippen molar-refractivity contribution in [2.24, 2.45) is 0 Å². The molecule has 11 heteroatoms. The average Bonchev–Trinajstić information content (AvgIpc) is 2.81. The Bertz CT molecular complexity index is 1180. The predicted octanol–water partition coefficient (Wildman–Crippen LogP) is 3.16. The molecule has 0 saturated heterocycles. The van der Waals surface area contributed by atoms with Crippen LogP contribution in [0.5, 0.6) is 28.7 Å². The van der Waals surface area contributed by atoms with Gasteiger partial charge in [-0.25, -0.2) is 13.2 Å². The van der Waals surface area contributed by atoms with Crippen LogP contribution in [-0.2, 0) is 29.9 Å². The van der Waals surface area contributed by atoms with Crippen LogP contribution >= 0.6 is 0 Å². The molecule has 0 fully saturated rings. The van der Waals surface area contributed by atoms with E-state index < -0.39 is 33.6 Å². The SMILES string of the molecule is COc1cc(OC)c(C=CS(=O)(=O)Cc2ccc(OC)c(OC(=O)C(C)OC(C)=O)c2)c(OC)c1. The van der Waals surface area contributed by atoms with Crippen molar-refractivity contribution in [1.29, 1.82) is 0 Å². The minimum absolute atomic E-state index is 0.00771. The third-order valence-electron chi connectivity index (χ3n) is 4.68. The normalized spacial score (nSPS) is 12.1. The highest BCUT2D eigenvalue weighted by molar-refractivity contribution is 7.93. The number of rotatable bonds is 11. The third kappa shape index (κ3) is 7.64. The van der Waals surface area contributed by atoms with Gasteiger partial charge in [0.25, 0.3) is 0 Å². The van der Waals surface area contributed by atoms with E-state index in [4.69, 9.17) is 28.4 Å². The molecule has 0 N–H and O–H groups in total. The first-order chi connectivity index (χ1) is 16.5. The lowest BCUT2D eigenvalue weighted by molar-refractivity contribution is -0.159. The van der Waals surface area contributed by atoms with Crippen LogP contribution in [0.2, 0.25) is 0 Å². The van der Waals surface area contributed by atoms with E-state index in [2.05, 4.69) is 0 Å². The molecule has 10 nitrogen and oxygen atoms in total. The smallest absolute Gasteiger partial charge is 0.352 e. The first-order valence-electron chi connectivity index (χ1n) is 10.3. The van der Waals surface area contributed by atoms with Crippen LogP contribution in [-0.4, -0.2) is 54.9 Å². The van der Waals surface area contributed by atoms with Crippen LogP contribution < -0.4 is 23.7 Å². The molecule has 0 aliphatic heterocycles. The van der Waals surface area contributed by atoms with Crippen LogP contribution in [0, 0.1) is 0 Å². The second-order valence-electron chi connectivity index (χ2n) is 7.21. The molecule has 190 valence electrons. The summed E-state index contributed by atoms with van der Waals surface area (Å²) in [6, 6.07) is 7.59.